The summed E-state index contributed by atoms with van der Waals surface area (Å²) in [5.41, 5.74) is 1.77. The van der Waals surface area contributed by atoms with Crippen LogP contribution in [0.25, 0.3) is 0 Å². The molecule has 92 valence electrons. The van der Waals surface area contributed by atoms with E-state index < -0.39 is 0 Å². The lowest BCUT2D eigenvalue weighted by molar-refractivity contribution is 0.252. The van der Waals surface area contributed by atoms with Crippen molar-refractivity contribution >= 4 is 0 Å². The van der Waals surface area contributed by atoms with Gasteiger partial charge in [-0.1, -0.05) is 27.7 Å². The number of hydrogen-bond acceptors (Lipinski definition) is 1. The molecule has 0 aromatic carbocycles. The van der Waals surface area contributed by atoms with Crippen molar-refractivity contribution in [1.82, 2.24) is 9.88 Å². The van der Waals surface area contributed by atoms with Crippen LogP contribution < -0.4 is 5.32 Å². The van der Waals surface area contributed by atoms with E-state index in [1.54, 1.807) is 0 Å². The third-order valence-corrected chi connectivity index (χ3v) is 3.50. The third kappa shape index (κ3) is 3.67. The minimum Gasteiger partial charge on any atom is -0.351 e. The van der Waals surface area contributed by atoms with Gasteiger partial charge in [0.25, 0.3) is 0 Å². The number of aryl methyl sites for hydroxylation is 1. The van der Waals surface area contributed by atoms with Crippen molar-refractivity contribution < 1.29 is 0 Å². The highest BCUT2D eigenvalue weighted by Gasteiger charge is 2.19. The zero-order valence-corrected chi connectivity index (χ0v) is 11.4. The topological polar surface area (TPSA) is 17.0 Å². The van der Waals surface area contributed by atoms with Crippen LogP contribution in [0.3, 0.4) is 0 Å². The average molecular weight is 222 g/mol. The van der Waals surface area contributed by atoms with Crippen molar-refractivity contribution in [1.29, 1.82) is 0 Å². The van der Waals surface area contributed by atoms with Crippen molar-refractivity contribution in [2.24, 2.45) is 11.3 Å². The molecule has 1 aromatic heterocycles. The van der Waals surface area contributed by atoms with Crippen LogP contribution >= 0.6 is 0 Å². The van der Waals surface area contributed by atoms with Gasteiger partial charge in [-0.05, 0) is 36.9 Å². The second kappa shape index (κ2) is 5.53. The number of nitrogens with one attached hydrogen (secondary N) is 1. The summed E-state index contributed by atoms with van der Waals surface area (Å²) in [5.74, 6) is 0.692. The minimum atomic E-state index is 0.389. The Bertz CT molecular complexity index is 307. The molecule has 1 atom stereocenters. The van der Waals surface area contributed by atoms with E-state index in [0.29, 0.717) is 11.3 Å². The Morgan fingerprint density at radius 2 is 2.06 bits per heavy atom. The maximum atomic E-state index is 3.55. The fraction of sp³-hybridized carbons (Fsp3) is 0.714. The Hall–Kier alpha value is -0.760. The molecular weight excluding hydrogens is 196 g/mol. The lowest BCUT2D eigenvalue weighted by Gasteiger charge is -2.27. The molecule has 0 saturated carbocycles. The summed E-state index contributed by atoms with van der Waals surface area (Å²) in [7, 11) is 0. The van der Waals surface area contributed by atoms with Gasteiger partial charge in [0.15, 0.2) is 0 Å². The predicted molar refractivity (Wildman–Crippen MR) is 70.4 cm³/mol. The molecule has 1 heterocycles. The molecule has 0 fully saturated rings. The van der Waals surface area contributed by atoms with E-state index >= 15 is 0 Å². The summed E-state index contributed by atoms with van der Waals surface area (Å²) >= 11 is 0. The molecule has 0 aliphatic heterocycles. The summed E-state index contributed by atoms with van der Waals surface area (Å²) in [6, 6.07) is 4.31. The molecule has 0 aliphatic carbocycles. The van der Waals surface area contributed by atoms with Crippen LogP contribution in [0.15, 0.2) is 18.3 Å². The van der Waals surface area contributed by atoms with Gasteiger partial charge in [-0.2, -0.15) is 0 Å². The predicted octanol–water partition coefficient (Wildman–Crippen LogP) is 3.28. The standard InChI is InChI=1S/C14H26N2/c1-6-16-9-7-8-13(16)11-15-10-12(2)14(3,4)5/h7-9,12,15H,6,10-11H2,1-5H3. The molecule has 2 nitrogen and oxygen atoms in total. The van der Waals surface area contributed by atoms with Crippen molar-refractivity contribution in [2.75, 3.05) is 6.54 Å². The molecule has 1 N–H and O–H groups in total. The van der Waals surface area contributed by atoms with E-state index in [1.807, 2.05) is 0 Å². The van der Waals surface area contributed by atoms with Crippen molar-refractivity contribution in [3.63, 3.8) is 0 Å². The zero-order valence-electron chi connectivity index (χ0n) is 11.4. The van der Waals surface area contributed by atoms with Crippen LogP contribution in [0.1, 0.15) is 40.3 Å². The molecule has 0 radical (unpaired) electrons. The molecule has 1 unspecified atom stereocenters. The van der Waals surface area contributed by atoms with Crippen LogP contribution in [0.2, 0.25) is 0 Å². The van der Waals surface area contributed by atoms with Crippen LogP contribution in [0.5, 0.6) is 0 Å². The van der Waals surface area contributed by atoms with Gasteiger partial charge in [-0.25, -0.2) is 0 Å². The normalized spacial score (nSPS) is 14.1. The summed E-state index contributed by atoms with van der Waals surface area (Å²) in [6.45, 7) is 14.5. The van der Waals surface area contributed by atoms with Gasteiger partial charge in [0.05, 0.1) is 0 Å². The fourth-order valence-electron chi connectivity index (χ4n) is 1.64. The van der Waals surface area contributed by atoms with Crippen molar-refractivity contribution in [3.8, 4) is 0 Å². The summed E-state index contributed by atoms with van der Waals surface area (Å²) in [4.78, 5) is 0. The van der Waals surface area contributed by atoms with Gasteiger partial charge in [0.1, 0.15) is 0 Å². The van der Waals surface area contributed by atoms with E-state index in [1.165, 1.54) is 5.69 Å². The van der Waals surface area contributed by atoms with Gasteiger partial charge in [-0.3, -0.25) is 0 Å². The minimum absolute atomic E-state index is 0.389. The molecule has 2 heteroatoms. The highest BCUT2D eigenvalue weighted by molar-refractivity contribution is 5.06. The van der Waals surface area contributed by atoms with E-state index in [4.69, 9.17) is 0 Å². The molecule has 0 amide bonds. The fourth-order valence-corrected chi connectivity index (χ4v) is 1.64. The largest absolute Gasteiger partial charge is 0.351 e. The summed E-state index contributed by atoms with van der Waals surface area (Å²) < 4.78 is 2.29. The van der Waals surface area contributed by atoms with Crippen LogP contribution in [0, 0.1) is 11.3 Å². The highest BCUT2D eigenvalue weighted by atomic mass is 15.0. The van der Waals surface area contributed by atoms with E-state index in [-0.39, 0.29) is 0 Å². The first-order valence-corrected chi connectivity index (χ1v) is 6.30. The Labute approximate surface area is 100 Å². The zero-order chi connectivity index (χ0) is 12.2. The number of rotatable bonds is 5. The summed E-state index contributed by atoms with van der Waals surface area (Å²) in [6.07, 6.45) is 2.14. The van der Waals surface area contributed by atoms with Gasteiger partial charge in [-0.15, -0.1) is 0 Å². The first-order chi connectivity index (χ1) is 7.45. The Morgan fingerprint density at radius 3 is 2.62 bits per heavy atom. The lowest BCUT2D eigenvalue weighted by atomic mass is 9.82. The lowest BCUT2D eigenvalue weighted by Crippen LogP contribution is -2.29. The third-order valence-electron chi connectivity index (χ3n) is 3.50. The van der Waals surface area contributed by atoms with E-state index in [0.717, 1.165) is 19.6 Å². The summed E-state index contributed by atoms with van der Waals surface area (Å²) in [5, 5.41) is 3.55. The molecule has 1 aromatic rings. The molecule has 1 rings (SSSR count). The molecule has 0 spiro atoms. The van der Waals surface area contributed by atoms with E-state index in [2.05, 4.69) is 62.8 Å². The smallest absolute Gasteiger partial charge is 0.0359 e. The maximum absolute atomic E-state index is 3.55. The van der Waals surface area contributed by atoms with Crippen LogP contribution in [-0.2, 0) is 13.1 Å². The first kappa shape index (κ1) is 13.3. The van der Waals surface area contributed by atoms with Gasteiger partial charge >= 0.3 is 0 Å². The van der Waals surface area contributed by atoms with E-state index in [9.17, 15) is 0 Å². The van der Waals surface area contributed by atoms with Gasteiger partial charge in [0.2, 0.25) is 0 Å². The average Bonchev–Trinajstić information content (AvgIpc) is 2.63. The molecule has 0 saturated heterocycles. The Morgan fingerprint density at radius 1 is 1.38 bits per heavy atom. The molecular formula is C14H26N2. The molecule has 16 heavy (non-hydrogen) atoms. The monoisotopic (exact) mass is 222 g/mol. The second-order valence-electron chi connectivity index (χ2n) is 5.68. The molecule has 0 aliphatic rings. The Kier molecular flexibility index (Phi) is 4.60. The Balaban J connectivity index is 2.36. The maximum Gasteiger partial charge on any atom is 0.0359 e. The van der Waals surface area contributed by atoms with Crippen LogP contribution in [-0.4, -0.2) is 11.1 Å². The van der Waals surface area contributed by atoms with Gasteiger partial charge in [0, 0.05) is 25.0 Å². The number of hydrogen-bond donors (Lipinski definition) is 1. The first-order valence-electron chi connectivity index (χ1n) is 6.30. The second-order valence-corrected chi connectivity index (χ2v) is 5.68. The SMILES string of the molecule is CCn1cccc1CNCC(C)C(C)(C)C. The van der Waals surface area contributed by atoms with Crippen LogP contribution in [0.4, 0.5) is 0 Å². The van der Waals surface area contributed by atoms with Crippen molar-refractivity contribution in [2.45, 2.75) is 47.7 Å². The number of aromatic nitrogens is 1. The quantitative estimate of drug-likeness (QED) is 0.809. The molecule has 0 bridgehead atoms. The van der Waals surface area contributed by atoms with Crippen molar-refractivity contribution in [3.05, 3.63) is 24.0 Å². The van der Waals surface area contributed by atoms with Gasteiger partial charge < -0.3 is 9.88 Å². The highest BCUT2D eigenvalue weighted by Crippen LogP contribution is 2.24. The number of nitrogens with zero attached hydrogens (tertiary/aromatic N) is 1.